The van der Waals surface area contributed by atoms with Gasteiger partial charge < -0.3 is 10.0 Å². The van der Waals surface area contributed by atoms with Gasteiger partial charge in [0, 0.05) is 24.3 Å². The van der Waals surface area contributed by atoms with E-state index in [-0.39, 0.29) is 11.8 Å². The van der Waals surface area contributed by atoms with Gasteiger partial charge in [-0.05, 0) is 115 Å². The minimum Gasteiger partial charge on any atom is -0.478 e. The number of hydrogen-bond donors (Lipinski definition) is 1. The van der Waals surface area contributed by atoms with E-state index in [4.69, 9.17) is 0 Å². The van der Waals surface area contributed by atoms with E-state index in [1.165, 1.54) is 44.2 Å². The zero-order valence-corrected chi connectivity index (χ0v) is 22.4. The van der Waals surface area contributed by atoms with Crippen LogP contribution in [0.3, 0.4) is 0 Å². The van der Waals surface area contributed by atoms with E-state index in [0.29, 0.717) is 11.0 Å². The van der Waals surface area contributed by atoms with E-state index in [2.05, 4.69) is 74.3 Å². The van der Waals surface area contributed by atoms with Gasteiger partial charge in [0.15, 0.2) is 0 Å². The molecule has 1 N–H and O–H groups in total. The molecule has 192 valence electrons. The number of rotatable bonds is 7. The summed E-state index contributed by atoms with van der Waals surface area (Å²) >= 11 is 0. The molecular weight excluding hydrogens is 454 g/mol. The summed E-state index contributed by atoms with van der Waals surface area (Å²) in [5.41, 5.74) is 6.77. The average Bonchev–Trinajstić information content (AvgIpc) is 2.88. The molecule has 1 atom stereocenters. The van der Waals surface area contributed by atoms with Crippen LogP contribution in [0.4, 0.5) is 11.4 Å². The second kappa shape index (κ2) is 9.35. The van der Waals surface area contributed by atoms with E-state index in [1.54, 1.807) is 17.7 Å². The third-order valence-electron chi connectivity index (χ3n) is 9.74. The van der Waals surface area contributed by atoms with Gasteiger partial charge in [0.1, 0.15) is 0 Å². The zero-order valence-electron chi connectivity index (χ0n) is 22.4. The summed E-state index contributed by atoms with van der Waals surface area (Å²) in [5.74, 6) is 2.33. The Morgan fingerprint density at radius 2 is 1.32 bits per heavy atom. The quantitative estimate of drug-likeness (QED) is 0.359. The fraction of sp³-hybridized carbons (Fsp3) is 0.441. The van der Waals surface area contributed by atoms with Crippen LogP contribution in [0.25, 0.3) is 0 Å². The largest absolute Gasteiger partial charge is 0.478 e. The Labute approximate surface area is 221 Å². The van der Waals surface area contributed by atoms with Crippen molar-refractivity contribution in [3.05, 3.63) is 95.1 Å². The minimum absolute atomic E-state index is 0.0335. The molecule has 3 nitrogen and oxygen atoms in total. The van der Waals surface area contributed by atoms with Crippen LogP contribution in [-0.4, -0.2) is 18.1 Å². The summed E-state index contributed by atoms with van der Waals surface area (Å²) in [7, 11) is 2.13. The number of hydrogen-bond acceptors (Lipinski definition) is 2. The highest BCUT2D eigenvalue weighted by atomic mass is 16.4. The molecule has 4 bridgehead atoms. The number of aromatic carboxylic acids is 1. The molecule has 0 heterocycles. The lowest BCUT2D eigenvalue weighted by atomic mass is 9.48. The number of nitrogens with zero attached hydrogens (tertiary/aromatic N) is 1. The molecule has 3 aromatic rings. The molecule has 4 aliphatic carbocycles. The van der Waals surface area contributed by atoms with Gasteiger partial charge in [-0.3, -0.25) is 0 Å². The Hall–Kier alpha value is -3.07. The summed E-state index contributed by atoms with van der Waals surface area (Å²) in [6, 6.07) is 25.5. The molecular formula is C34H39NO2. The molecule has 0 aromatic heterocycles. The summed E-state index contributed by atoms with van der Waals surface area (Å²) < 4.78 is 0. The van der Waals surface area contributed by atoms with Gasteiger partial charge in [-0.2, -0.15) is 0 Å². The predicted octanol–water partition coefficient (Wildman–Crippen LogP) is 8.41. The molecule has 0 amide bonds. The number of carboxylic acid groups (broad SMARTS) is 1. The highest BCUT2D eigenvalue weighted by Crippen LogP contribution is 2.60. The van der Waals surface area contributed by atoms with Crippen LogP contribution in [0.2, 0.25) is 0 Å². The molecule has 37 heavy (non-hydrogen) atoms. The van der Waals surface area contributed by atoms with Crippen molar-refractivity contribution in [3.8, 4) is 0 Å². The summed E-state index contributed by atoms with van der Waals surface area (Å²) in [6.45, 7) is 4.32. The average molecular weight is 494 g/mol. The van der Waals surface area contributed by atoms with Gasteiger partial charge in [-0.15, -0.1) is 0 Å². The van der Waals surface area contributed by atoms with Crippen molar-refractivity contribution >= 4 is 17.3 Å². The molecule has 4 fully saturated rings. The summed E-state index contributed by atoms with van der Waals surface area (Å²) in [4.78, 5) is 14.1. The van der Waals surface area contributed by atoms with E-state index in [9.17, 15) is 9.90 Å². The van der Waals surface area contributed by atoms with Crippen LogP contribution in [0.15, 0.2) is 72.8 Å². The lowest BCUT2D eigenvalue weighted by Crippen LogP contribution is -2.48. The molecule has 3 heteroatoms. The number of benzene rings is 3. The minimum atomic E-state index is -0.866. The first kappa shape index (κ1) is 24.3. The molecule has 3 aromatic carbocycles. The molecule has 0 aliphatic heterocycles. The van der Waals surface area contributed by atoms with Gasteiger partial charge >= 0.3 is 5.97 Å². The first-order chi connectivity index (χ1) is 17.8. The summed E-state index contributed by atoms with van der Waals surface area (Å²) in [5, 5.41) is 9.75. The maximum atomic E-state index is 11.9. The Kier molecular flexibility index (Phi) is 6.13. The van der Waals surface area contributed by atoms with Gasteiger partial charge in [0.05, 0.1) is 5.56 Å². The Morgan fingerprint density at radius 3 is 1.84 bits per heavy atom. The highest BCUT2D eigenvalue weighted by molar-refractivity contribution is 5.89. The van der Waals surface area contributed by atoms with Crippen LogP contribution >= 0.6 is 0 Å². The topological polar surface area (TPSA) is 40.5 Å². The lowest BCUT2D eigenvalue weighted by molar-refractivity contribution is -0.00518. The highest BCUT2D eigenvalue weighted by Gasteiger charge is 2.51. The third-order valence-corrected chi connectivity index (χ3v) is 9.74. The normalized spacial score (nSPS) is 26.9. The van der Waals surface area contributed by atoms with Gasteiger partial charge in [-0.25, -0.2) is 4.79 Å². The van der Waals surface area contributed by atoms with Crippen molar-refractivity contribution in [2.75, 3.05) is 11.9 Å². The van der Waals surface area contributed by atoms with E-state index < -0.39 is 5.97 Å². The van der Waals surface area contributed by atoms with Crippen LogP contribution in [-0.2, 0) is 5.41 Å². The van der Waals surface area contributed by atoms with Crippen LogP contribution < -0.4 is 4.90 Å². The zero-order chi connectivity index (χ0) is 25.7. The van der Waals surface area contributed by atoms with Crippen molar-refractivity contribution in [3.63, 3.8) is 0 Å². The van der Waals surface area contributed by atoms with E-state index >= 15 is 0 Å². The van der Waals surface area contributed by atoms with Crippen molar-refractivity contribution in [2.45, 2.75) is 63.7 Å². The van der Waals surface area contributed by atoms with Crippen molar-refractivity contribution in [2.24, 2.45) is 23.7 Å². The van der Waals surface area contributed by atoms with Crippen molar-refractivity contribution in [1.82, 2.24) is 0 Å². The Balaban J connectivity index is 1.22. The fourth-order valence-electron chi connectivity index (χ4n) is 8.44. The molecule has 0 spiro atoms. The van der Waals surface area contributed by atoms with Crippen molar-refractivity contribution in [1.29, 1.82) is 0 Å². The monoisotopic (exact) mass is 493 g/mol. The smallest absolute Gasteiger partial charge is 0.335 e. The molecule has 4 aliphatic rings. The molecule has 7 rings (SSSR count). The fourth-order valence-corrected chi connectivity index (χ4v) is 8.44. The predicted molar refractivity (Wildman–Crippen MR) is 151 cm³/mol. The van der Waals surface area contributed by atoms with Crippen LogP contribution in [0, 0.1) is 23.7 Å². The molecule has 4 saturated carbocycles. The van der Waals surface area contributed by atoms with Gasteiger partial charge in [-0.1, -0.05) is 56.3 Å². The van der Waals surface area contributed by atoms with Gasteiger partial charge in [0.2, 0.25) is 0 Å². The molecule has 0 radical (unpaired) electrons. The van der Waals surface area contributed by atoms with Crippen LogP contribution in [0.5, 0.6) is 0 Å². The standard InChI is InChI=1S/C34H39NO2/c1-22(2)32(30-6-4-5-7-31(30)33(36)37)26-8-12-28(13-9-26)35(3)29-14-10-27(11-15-29)34-19-23-16-24(20-34)18-25(17-23)21-34/h4-15,22-25,32H,16-21H2,1-3H3,(H,36,37). The number of anilines is 2. The third kappa shape index (κ3) is 4.37. The Morgan fingerprint density at radius 1 is 0.811 bits per heavy atom. The second-order valence-corrected chi connectivity index (χ2v) is 12.5. The SMILES string of the molecule is CC(C)C(c1ccc(N(C)c2ccc(C34CC5CC(CC(C5)C3)C4)cc2)cc1)c1ccccc1C(=O)O. The van der Waals surface area contributed by atoms with E-state index in [1.807, 2.05) is 12.1 Å². The van der Waals surface area contributed by atoms with Crippen molar-refractivity contribution < 1.29 is 9.90 Å². The Bertz CT molecular complexity index is 1240. The lowest BCUT2D eigenvalue weighted by Gasteiger charge is -2.57. The first-order valence-electron chi connectivity index (χ1n) is 14.1. The van der Waals surface area contributed by atoms with Gasteiger partial charge in [0.25, 0.3) is 0 Å². The number of carbonyl (C=O) groups is 1. The van der Waals surface area contributed by atoms with E-state index in [0.717, 1.165) is 34.6 Å². The summed E-state index contributed by atoms with van der Waals surface area (Å²) in [6.07, 6.45) is 8.65. The number of carboxylic acids is 1. The molecule has 0 saturated heterocycles. The van der Waals surface area contributed by atoms with Crippen LogP contribution in [0.1, 0.15) is 85.3 Å². The second-order valence-electron chi connectivity index (χ2n) is 12.5. The first-order valence-corrected chi connectivity index (χ1v) is 14.1. The molecule has 1 unspecified atom stereocenters. The maximum Gasteiger partial charge on any atom is 0.335 e. The maximum absolute atomic E-state index is 11.9.